The first-order valence-corrected chi connectivity index (χ1v) is 7.50. The lowest BCUT2D eigenvalue weighted by molar-refractivity contribution is 0.355. The summed E-state index contributed by atoms with van der Waals surface area (Å²) >= 11 is 0. The standard InChI is InChI=1S/C16H22N4O2/c1-10-8-20(11(2)7-17-10)16-12-5-14(21-3)15(22-4)6-13(12)18-9-19-16/h5-6,9-11,17H,7-8H2,1-4H3/t10-,11+/m0/s1. The van der Waals surface area contributed by atoms with Gasteiger partial charge in [0.15, 0.2) is 11.5 Å². The molecule has 6 heteroatoms. The Morgan fingerprint density at radius 2 is 1.86 bits per heavy atom. The highest BCUT2D eigenvalue weighted by atomic mass is 16.5. The van der Waals surface area contributed by atoms with E-state index in [0.29, 0.717) is 23.6 Å². The van der Waals surface area contributed by atoms with Gasteiger partial charge in [0, 0.05) is 36.6 Å². The molecule has 2 aromatic rings. The van der Waals surface area contributed by atoms with Crippen molar-refractivity contribution in [3.05, 3.63) is 18.5 Å². The summed E-state index contributed by atoms with van der Waals surface area (Å²) in [5, 5.41) is 4.48. The summed E-state index contributed by atoms with van der Waals surface area (Å²) in [7, 11) is 3.27. The van der Waals surface area contributed by atoms with E-state index in [1.54, 1.807) is 20.5 Å². The average molecular weight is 302 g/mol. The Kier molecular flexibility index (Phi) is 4.02. The zero-order chi connectivity index (χ0) is 15.7. The van der Waals surface area contributed by atoms with E-state index in [1.807, 2.05) is 12.1 Å². The highest BCUT2D eigenvalue weighted by molar-refractivity contribution is 5.92. The first-order chi connectivity index (χ1) is 10.6. The molecule has 22 heavy (non-hydrogen) atoms. The number of ether oxygens (including phenoxy) is 2. The van der Waals surface area contributed by atoms with Crippen molar-refractivity contribution in [2.75, 3.05) is 32.2 Å². The van der Waals surface area contributed by atoms with Crippen LogP contribution in [0.25, 0.3) is 10.9 Å². The van der Waals surface area contributed by atoms with Crippen molar-refractivity contribution < 1.29 is 9.47 Å². The smallest absolute Gasteiger partial charge is 0.162 e. The lowest BCUT2D eigenvalue weighted by Crippen LogP contribution is -2.54. The third-order valence-electron chi connectivity index (χ3n) is 4.16. The minimum Gasteiger partial charge on any atom is -0.493 e. The Morgan fingerprint density at radius 3 is 2.59 bits per heavy atom. The van der Waals surface area contributed by atoms with Gasteiger partial charge in [-0.05, 0) is 19.9 Å². The third kappa shape index (κ3) is 2.54. The number of nitrogens with one attached hydrogen (secondary N) is 1. The molecule has 0 saturated carbocycles. The summed E-state index contributed by atoms with van der Waals surface area (Å²) in [4.78, 5) is 11.2. The number of hydrogen-bond donors (Lipinski definition) is 1. The summed E-state index contributed by atoms with van der Waals surface area (Å²) in [6, 6.07) is 4.67. The van der Waals surface area contributed by atoms with E-state index < -0.39 is 0 Å². The van der Waals surface area contributed by atoms with Crippen molar-refractivity contribution in [2.24, 2.45) is 0 Å². The largest absolute Gasteiger partial charge is 0.493 e. The van der Waals surface area contributed by atoms with E-state index >= 15 is 0 Å². The third-order valence-corrected chi connectivity index (χ3v) is 4.16. The van der Waals surface area contributed by atoms with E-state index in [9.17, 15) is 0 Å². The Hall–Kier alpha value is -2.08. The van der Waals surface area contributed by atoms with Gasteiger partial charge in [0.25, 0.3) is 0 Å². The van der Waals surface area contributed by atoms with Gasteiger partial charge in [0.2, 0.25) is 0 Å². The molecule has 0 unspecified atom stereocenters. The molecule has 1 aromatic heterocycles. The molecule has 1 aliphatic rings. The minimum absolute atomic E-state index is 0.377. The number of fused-ring (bicyclic) bond motifs is 1. The zero-order valence-corrected chi connectivity index (χ0v) is 13.5. The molecule has 1 aromatic carbocycles. The van der Waals surface area contributed by atoms with Gasteiger partial charge in [-0.3, -0.25) is 0 Å². The number of aromatic nitrogens is 2. The van der Waals surface area contributed by atoms with Crippen molar-refractivity contribution in [2.45, 2.75) is 25.9 Å². The van der Waals surface area contributed by atoms with E-state index in [2.05, 4.69) is 34.0 Å². The van der Waals surface area contributed by atoms with E-state index in [-0.39, 0.29) is 0 Å². The maximum atomic E-state index is 5.42. The molecule has 6 nitrogen and oxygen atoms in total. The van der Waals surface area contributed by atoms with Gasteiger partial charge in [-0.15, -0.1) is 0 Å². The second kappa shape index (κ2) is 5.96. The molecule has 1 aliphatic heterocycles. The first-order valence-electron chi connectivity index (χ1n) is 7.50. The SMILES string of the molecule is COc1cc2ncnc(N3C[C@H](C)NC[C@H]3C)c2cc1OC. The van der Waals surface area contributed by atoms with Crippen LogP contribution >= 0.6 is 0 Å². The summed E-state index contributed by atoms with van der Waals surface area (Å²) < 4.78 is 10.8. The minimum atomic E-state index is 0.377. The lowest BCUT2D eigenvalue weighted by atomic mass is 10.1. The van der Waals surface area contributed by atoms with Crippen LogP contribution in [-0.2, 0) is 0 Å². The topological polar surface area (TPSA) is 59.5 Å². The summed E-state index contributed by atoms with van der Waals surface area (Å²) in [5.41, 5.74) is 0.862. The maximum absolute atomic E-state index is 5.42. The van der Waals surface area contributed by atoms with Crippen LogP contribution in [0.1, 0.15) is 13.8 Å². The first kappa shape index (κ1) is 14.8. The molecule has 1 saturated heterocycles. The molecule has 2 heterocycles. The molecule has 0 amide bonds. The summed E-state index contributed by atoms with van der Waals surface area (Å²) in [5.74, 6) is 2.33. The number of piperazine rings is 1. The maximum Gasteiger partial charge on any atom is 0.162 e. The molecule has 2 atom stereocenters. The number of hydrogen-bond acceptors (Lipinski definition) is 6. The molecular weight excluding hydrogens is 280 g/mol. The van der Waals surface area contributed by atoms with Crippen molar-refractivity contribution in [3.63, 3.8) is 0 Å². The van der Waals surface area contributed by atoms with Crippen molar-refractivity contribution >= 4 is 16.7 Å². The van der Waals surface area contributed by atoms with Crippen molar-refractivity contribution in [3.8, 4) is 11.5 Å². The summed E-state index contributed by atoms with van der Waals surface area (Å²) in [6.07, 6.45) is 1.61. The number of rotatable bonds is 3. The molecule has 3 rings (SSSR count). The lowest BCUT2D eigenvalue weighted by Gasteiger charge is -2.38. The zero-order valence-electron chi connectivity index (χ0n) is 13.5. The van der Waals surface area contributed by atoms with Crippen LogP contribution in [-0.4, -0.2) is 49.4 Å². The summed E-state index contributed by atoms with van der Waals surface area (Å²) in [6.45, 7) is 6.25. The normalized spacial score (nSPS) is 21.9. The van der Waals surface area contributed by atoms with Gasteiger partial charge in [0.05, 0.1) is 19.7 Å². The number of methoxy groups -OCH3 is 2. The second-order valence-electron chi connectivity index (χ2n) is 5.73. The van der Waals surface area contributed by atoms with Crippen molar-refractivity contribution in [1.29, 1.82) is 0 Å². The fraction of sp³-hybridized carbons (Fsp3) is 0.500. The van der Waals surface area contributed by atoms with Crippen LogP contribution in [0.4, 0.5) is 5.82 Å². The predicted octanol–water partition coefficient (Wildman–Crippen LogP) is 1.83. The van der Waals surface area contributed by atoms with Crippen LogP contribution in [0.3, 0.4) is 0 Å². The second-order valence-corrected chi connectivity index (χ2v) is 5.73. The number of nitrogens with zero attached hydrogens (tertiary/aromatic N) is 3. The number of anilines is 1. The van der Waals surface area contributed by atoms with Gasteiger partial charge >= 0.3 is 0 Å². The van der Waals surface area contributed by atoms with E-state index in [1.165, 1.54) is 0 Å². The van der Waals surface area contributed by atoms with Crippen LogP contribution in [0.5, 0.6) is 11.5 Å². The van der Waals surface area contributed by atoms with Gasteiger partial charge in [-0.1, -0.05) is 0 Å². The molecule has 118 valence electrons. The molecule has 0 bridgehead atoms. The fourth-order valence-electron chi connectivity index (χ4n) is 2.92. The van der Waals surface area contributed by atoms with Gasteiger partial charge < -0.3 is 19.7 Å². The fourth-order valence-corrected chi connectivity index (χ4v) is 2.92. The van der Waals surface area contributed by atoms with Crippen molar-refractivity contribution in [1.82, 2.24) is 15.3 Å². The highest BCUT2D eigenvalue weighted by Gasteiger charge is 2.25. The molecule has 1 fully saturated rings. The Morgan fingerprint density at radius 1 is 1.14 bits per heavy atom. The Labute approximate surface area is 130 Å². The molecule has 0 spiro atoms. The van der Waals surface area contributed by atoms with Crippen LogP contribution < -0.4 is 19.7 Å². The molecule has 0 radical (unpaired) electrons. The van der Waals surface area contributed by atoms with Gasteiger partial charge in [-0.25, -0.2) is 9.97 Å². The number of benzene rings is 1. The Bertz CT molecular complexity index is 676. The monoisotopic (exact) mass is 302 g/mol. The van der Waals surface area contributed by atoms with Crippen LogP contribution in [0.15, 0.2) is 18.5 Å². The molecule has 0 aliphatic carbocycles. The van der Waals surface area contributed by atoms with Crippen LogP contribution in [0.2, 0.25) is 0 Å². The predicted molar refractivity (Wildman–Crippen MR) is 86.9 cm³/mol. The van der Waals surface area contributed by atoms with Crippen LogP contribution in [0, 0.1) is 0 Å². The van der Waals surface area contributed by atoms with E-state index in [4.69, 9.17) is 9.47 Å². The van der Waals surface area contributed by atoms with Gasteiger partial charge in [-0.2, -0.15) is 0 Å². The molecular formula is C16H22N4O2. The Balaban J connectivity index is 2.13. The van der Waals surface area contributed by atoms with E-state index in [0.717, 1.165) is 29.8 Å². The molecule has 1 N–H and O–H groups in total. The highest BCUT2D eigenvalue weighted by Crippen LogP contribution is 2.35. The average Bonchev–Trinajstić information content (AvgIpc) is 2.55. The quantitative estimate of drug-likeness (QED) is 0.933. The van der Waals surface area contributed by atoms with Gasteiger partial charge in [0.1, 0.15) is 12.1 Å².